The molecule has 0 bridgehead atoms. The number of benzene rings is 2. The Morgan fingerprint density at radius 3 is 2.86 bits per heavy atom. The highest BCUT2D eigenvalue weighted by Crippen LogP contribution is 2.35. The number of rotatable bonds is 3. The van der Waals surface area contributed by atoms with E-state index in [1.54, 1.807) is 25.3 Å². The van der Waals surface area contributed by atoms with E-state index in [0.29, 0.717) is 12.1 Å². The van der Waals surface area contributed by atoms with E-state index < -0.39 is 6.10 Å². The molecule has 0 amide bonds. The quantitative estimate of drug-likeness (QED) is 0.528. The molecule has 1 unspecified atom stereocenters. The Labute approximate surface area is 163 Å². The molecule has 4 rings (SSSR count). The van der Waals surface area contributed by atoms with Crippen LogP contribution in [0.3, 0.4) is 0 Å². The lowest BCUT2D eigenvalue weighted by atomic mass is 9.99. The predicted octanol–water partition coefficient (Wildman–Crippen LogP) is 3.78. The number of aromatic nitrogens is 1. The second-order valence-electron chi connectivity index (χ2n) is 6.48. The van der Waals surface area contributed by atoms with Crippen LogP contribution in [0.25, 0.3) is 11.6 Å². The van der Waals surface area contributed by atoms with Gasteiger partial charge in [0.2, 0.25) is 0 Å². The van der Waals surface area contributed by atoms with Gasteiger partial charge < -0.3 is 25.3 Å². The summed E-state index contributed by atoms with van der Waals surface area (Å²) in [7, 11) is 1.64. The van der Waals surface area contributed by atoms with Gasteiger partial charge in [-0.25, -0.2) is 0 Å². The van der Waals surface area contributed by atoms with Gasteiger partial charge in [0, 0.05) is 29.6 Å². The van der Waals surface area contributed by atoms with Crippen molar-refractivity contribution in [1.82, 2.24) is 4.98 Å². The number of H-pyrrole nitrogens is 1. The fourth-order valence-corrected chi connectivity index (χ4v) is 3.31. The first-order valence-electron chi connectivity index (χ1n) is 8.93. The Balaban J connectivity index is 1.69. The van der Waals surface area contributed by atoms with Crippen LogP contribution in [-0.2, 0) is 0 Å². The Bertz CT molecular complexity index is 1100. The van der Waals surface area contributed by atoms with E-state index in [1.807, 2.05) is 30.5 Å². The van der Waals surface area contributed by atoms with Gasteiger partial charge in [-0.2, -0.15) is 0 Å². The van der Waals surface area contributed by atoms with Crippen LogP contribution in [0.15, 0.2) is 54.7 Å². The fraction of sp³-hybridized carbons (Fsp3) is 0.130. The van der Waals surface area contributed by atoms with Crippen molar-refractivity contribution in [2.75, 3.05) is 19.0 Å². The molecule has 2 heterocycles. The molecule has 1 atom stereocenters. The number of phenolic OH excluding ortho intramolecular Hbond substituents is 1. The highest BCUT2D eigenvalue weighted by molar-refractivity contribution is 5.95. The van der Waals surface area contributed by atoms with Crippen LogP contribution in [-0.4, -0.2) is 28.9 Å². The molecule has 140 valence electrons. The lowest BCUT2D eigenvalue weighted by Gasteiger charge is -2.06. The second kappa shape index (κ2) is 7.55. The van der Waals surface area contributed by atoms with Crippen molar-refractivity contribution in [2.45, 2.75) is 6.10 Å². The molecule has 5 heteroatoms. The summed E-state index contributed by atoms with van der Waals surface area (Å²) < 4.78 is 5.37. The molecule has 0 saturated carbocycles. The largest absolute Gasteiger partial charge is 0.508 e. The first-order chi connectivity index (χ1) is 13.7. The van der Waals surface area contributed by atoms with E-state index in [4.69, 9.17) is 4.74 Å². The van der Waals surface area contributed by atoms with Crippen LogP contribution >= 0.6 is 0 Å². The summed E-state index contributed by atoms with van der Waals surface area (Å²) in [6.45, 7) is 0.686. The summed E-state index contributed by atoms with van der Waals surface area (Å²) in [5, 5.41) is 23.3. The van der Waals surface area contributed by atoms with Gasteiger partial charge in [0.1, 0.15) is 17.6 Å². The minimum atomic E-state index is -0.978. The molecule has 1 aromatic heterocycles. The number of ether oxygens (including phenoxy) is 1. The number of fused-ring (bicyclic) bond motifs is 1. The number of aliphatic hydroxyl groups is 1. The van der Waals surface area contributed by atoms with Crippen LogP contribution in [0, 0.1) is 11.8 Å². The monoisotopic (exact) mass is 372 g/mol. The third-order valence-corrected chi connectivity index (χ3v) is 4.66. The van der Waals surface area contributed by atoms with Gasteiger partial charge >= 0.3 is 0 Å². The Morgan fingerprint density at radius 2 is 2.04 bits per heavy atom. The molecule has 0 aliphatic carbocycles. The predicted molar refractivity (Wildman–Crippen MR) is 110 cm³/mol. The molecular weight excluding hydrogens is 352 g/mol. The molecule has 0 spiro atoms. The van der Waals surface area contributed by atoms with E-state index in [0.717, 1.165) is 33.8 Å². The first-order valence-corrected chi connectivity index (χ1v) is 8.93. The van der Waals surface area contributed by atoms with E-state index in [-0.39, 0.29) is 5.75 Å². The zero-order valence-corrected chi connectivity index (χ0v) is 15.4. The highest BCUT2D eigenvalue weighted by Gasteiger charge is 2.19. The second-order valence-corrected chi connectivity index (χ2v) is 6.48. The maximum atomic E-state index is 10.4. The standard InChI is InChI=1S/C23H20N2O3/c1-28-22-10-11-24-20(22)13-17-14-25-19-7-3-4-15(23(17)19)8-9-21(27)16-5-2-6-18(26)12-16/h2-7,10-13,21,24-27H,14H2,1H3. The summed E-state index contributed by atoms with van der Waals surface area (Å²) in [6.07, 6.45) is 2.91. The molecule has 28 heavy (non-hydrogen) atoms. The molecule has 4 N–H and O–H groups in total. The Kier molecular flexibility index (Phi) is 4.79. The van der Waals surface area contributed by atoms with E-state index in [1.165, 1.54) is 6.07 Å². The molecule has 3 aromatic rings. The molecule has 1 aliphatic rings. The zero-order valence-electron chi connectivity index (χ0n) is 15.4. The van der Waals surface area contributed by atoms with Crippen LogP contribution in [0.2, 0.25) is 0 Å². The first kappa shape index (κ1) is 17.8. The number of aromatic hydroxyl groups is 1. The number of nitrogens with one attached hydrogen (secondary N) is 2. The highest BCUT2D eigenvalue weighted by atomic mass is 16.5. The van der Waals surface area contributed by atoms with Crippen molar-refractivity contribution in [3.8, 4) is 23.3 Å². The van der Waals surface area contributed by atoms with E-state index in [2.05, 4.69) is 28.2 Å². The van der Waals surface area contributed by atoms with Crippen LogP contribution in [0.5, 0.6) is 11.5 Å². The maximum absolute atomic E-state index is 10.4. The topological polar surface area (TPSA) is 77.5 Å². The summed E-state index contributed by atoms with van der Waals surface area (Å²) >= 11 is 0. The number of phenols is 1. The molecule has 0 saturated heterocycles. The van der Waals surface area contributed by atoms with Crippen LogP contribution < -0.4 is 10.1 Å². The molecule has 0 fully saturated rings. The molecule has 5 nitrogen and oxygen atoms in total. The average Bonchev–Trinajstić information content (AvgIpc) is 3.33. The van der Waals surface area contributed by atoms with Gasteiger partial charge in [-0.15, -0.1) is 0 Å². The van der Waals surface area contributed by atoms with Gasteiger partial charge in [-0.1, -0.05) is 30.0 Å². The van der Waals surface area contributed by atoms with Crippen molar-refractivity contribution in [3.05, 3.63) is 77.1 Å². The van der Waals surface area contributed by atoms with E-state index in [9.17, 15) is 10.2 Å². The summed E-state index contributed by atoms with van der Waals surface area (Å²) in [5.41, 5.74) is 5.41. The van der Waals surface area contributed by atoms with Gasteiger partial charge in [0.25, 0.3) is 0 Å². The normalized spacial score (nSPS) is 14.7. The molecule has 1 aliphatic heterocycles. The maximum Gasteiger partial charge on any atom is 0.143 e. The van der Waals surface area contributed by atoms with Crippen LogP contribution in [0.1, 0.15) is 28.5 Å². The summed E-state index contributed by atoms with van der Waals surface area (Å²) in [6, 6.07) is 14.3. The average molecular weight is 372 g/mol. The van der Waals surface area contributed by atoms with Crippen molar-refractivity contribution in [3.63, 3.8) is 0 Å². The van der Waals surface area contributed by atoms with Crippen molar-refractivity contribution >= 4 is 17.3 Å². The van der Waals surface area contributed by atoms with Gasteiger partial charge in [-0.3, -0.25) is 0 Å². The molecule has 0 radical (unpaired) electrons. The lowest BCUT2D eigenvalue weighted by molar-refractivity contribution is 0.238. The van der Waals surface area contributed by atoms with Crippen molar-refractivity contribution in [1.29, 1.82) is 0 Å². The number of anilines is 1. The zero-order chi connectivity index (χ0) is 19.5. The fourth-order valence-electron chi connectivity index (χ4n) is 3.31. The lowest BCUT2D eigenvalue weighted by Crippen LogP contribution is -1.94. The van der Waals surface area contributed by atoms with Gasteiger partial charge in [-0.05, 0) is 47.5 Å². The van der Waals surface area contributed by atoms with Crippen molar-refractivity contribution in [2.24, 2.45) is 0 Å². The number of aromatic amines is 1. The number of methoxy groups -OCH3 is 1. The molecular formula is C23H20N2O3. The Morgan fingerprint density at radius 1 is 1.18 bits per heavy atom. The SMILES string of the molecule is COc1cc[nH]c1C=C1CNc2cccc(C#CC(O)c3cccc(O)c3)c21. The number of hydrogen-bond acceptors (Lipinski definition) is 4. The summed E-state index contributed by atoms with van der Waals surface area (Å²) in [4.78, 5) is 3.18. The van der Waals surface area contributed by atoms with Crippen molar-refractivity contribution < 1.29 is 14.9 Å². The smallest absolute Gasteiger partial charge is 0.143 e. The molecule has 2 aromatic carbocycles. The minimum Gasteiger partial charge on any atom is -0.508 e. The number of hydrogen-bond donors (Lipinski definition) is 4. The number of aliphatic hydroxyl groups excluding tert-OH is 1. The van der Waals surface area contributed by atoms with Gasteiger partial charge in [0.05, 0.1) is 12.8 Å². The van der Waals surface area contributed by atoms with Gasteiger partial charge in [0.15, 0.2) is 0 Å². The Hall–Kier alpha value is -3.62. The minimum absolute atomic E-state index is 0.105. The van der Waals surface area contributed by atoms with Crippen LogP contribution in [0.4, 0.5) is 5.69 Å². The summed E-state index contributed by atoms with van der Waals surface area (Å²) in [5.74, 6) is 6.86. The van der Waals surface area contributed by atoms with E-state index >= 15 is 0 Å². The third kappa shape index (κ3) is 3.46. The third-order valence-electron chi connectivity index (χ3n) is 4.66.